The summed E-state index contributed by atoms with van der Waals surface area (Å²) in [6.07, 6.45) is 8.27. The normalized spacial score (nSPS) is 10.9. The van der Waals surface area contributed by atoms with Crippen molar-refractivity contribution in [2.24, 2.45) is 0 Å². The highest BCUT2D eigenvalue weighted by molar-refractivity contribution is 5.30. The zero-order valence-electron chi connectivity index (χ0n) is 11.5. The number of aromatic nitrogens is 6. The van der Waals surface area contributed by atoms with Gasteiger partial charge in [-0.2, -0.15) is 24.7 Å². The molecule has 2 aromatic heterocycles. The molecule has 0 spiro atoms. The minimum Gasteiger partial charge on any atom is -0.444 e. The predicted octanol–water partition coefficient (Wildman–Crippen LogP) is 0.675. The largest absolute Gasteiger partial charge is 0.444 e. The average molecular weight is 273 g/mol. The molecule has 2 aromatic rings. The van der Waals surface area contributed by atoms with Crippen LogP contribution in [0.15, 0.2) is 12.7 Å². The molecular formula is C12H15N7O. The Labute approximate surface area is 116 Å². The van der Waals surface area contributed by atoms with Gasteiger partial charge in [0.2, 0.25) is 5.95 Å². The molecule has 2 heterocycles. The van der Waals surface area contributed by atoms with Crippen molar-refractivity contribution >= 4 is 5.95 Å². The molecule has 8 nitrogen and oxygen atoms in total. The Morgan fingerprint density at radius 2 is 2.20 bits per heavy atom. The number of ether oxygens (including phenoxy) is 1. The number of hydrogen-bond acceptors (Lipinski definition) is 7. The molecule has 104 valence electrons. The summed E-state index contributed by atoms with van der Waals surface area (Å²) in [5, 5.41) is 6.97. The van der Waals surface area contributed by atoms with Crippen LogP contribution in [0.5, 0.6) is 6.01 Å². The number of terminal acetylenes is 1. The van der Waals surface area contributed by atoms with E-state index in [1.807, 2.05) is 6.92 Å². The van der Waals surface area contributed by atoms with Crippen molar-refractivity contribution in [3.8, 4) is 24.3 Å². The summed E-state index contributed by atoms with van der Waals surface area (Å²) in [5.74, 6) is 3.20. The standard InChI is InChI=1S/C12H15N7O/c1-5-12(3,4)20-11-17-9(14-6-2)16-10(18-11)19-8-13-7-15-19/h1,7-8H,6H2,2-4H3,(H,14,16,17,18). The first-order valence-corrected chi connectivity index (χ1v) is 6.06. The second-order valence-corrected chi connectivity index (χ2v) is 4.37. The van der Waals surface area contributed by atoms with Crippen LogP contribution in [0.4, 0.5) is 5.95 Å². The highest BCUT2D eigenvalue weighted by Crippen LogP contribution is 2.15. The van der Waals surface area contributed by atoms with Gasteiger partial charge in [0.25, 0.3) is 5.95 Å². The highest BCUT2D eigenvalue weighted by Gasteiger charge is 2.19. The Balaban J connectivity index is 2.39. The topological polar surface area (TPSA) is 90.6 Å². The summed E-state index contributed by atoms with van der Waals surface area (Å²) in [7, 11) is 0. The van der Waals surface area contributed by atoms with E-state index >= 15 is 0 Å². The maximum atomic E-state index is 5.58. The third-order valence-corrected chi connectivity index (χ3v) is 2.26. The number of hydrogen-bond donors (Lipinski definition) is 1. The highest BCUT2D eigenvalue weighted by atomic mass is 16.5. The third-order valence-electron chi connectivity index (χ3n) is 2.26. The van der Waals surface area contributed by atoms with E-state index in [1.54, 1.807) is 13.8 Å². The third kappa shape index (κ3) is 3.20. The lowest BCUT2D eigenvalue weighted by molar-refractivity contribution is 0.156. The molecule has 20 heavy (non-hydrogen) atoms. The quantitative estimate of drug-likeness (QED) is 0.801. The molecule has 0 atom stereocenters. The van der Waals surface area contributed by atoms with Crippen molar-refractivity contribution in [1.29, 1.82) is 0 Å². The average Bonchev–Trinajstić information content (AvgIpc) is 2.92. The SMILES string of the molecule is C#CC(C)(C)Oc1nc(NCC)nc(-n2cncn2)n1. The summed E-state index contributed by atoms with van der Waals surface area (Å²) < 4.78 is 6.99. The number of rotatable bonds is 5. The number of anilines is 1. The van der Waals surface area contributed by atoms with Crippen molar-refractivity contribution < 1.29 is 4.74 Å². The van der Waals surface area contributed by atoms with E-state index in [0.29, 0.717) is 18.4 Å². The van der Waals surface area contributed by atoms with E-state index in [1.165, 1.54) is 17.3 Å². The zero-order chi connectivity index (χ0) is 14.6. The molecule has 0 aromatic carbocycles. The molecule has 0 aliphatic rings. The summed E-state index contributed by atoms with van der Waals surface area (Å²) in [5.41, 5.74) is -0.815. The zero-order valence-corrected chi connectivity index (χ0v) is 11.5. The van der Waals surface area contributed by atoms with Gasteiger partial charge in [0.1, 0.15) is 12.7 Å². The molecule has 8 heteroatoms. The van der Waals surface area contributed by atoms with Crippen molar-refractivity contribution in [2.75, 3.05) is 11.9 Å². The Hall–Kier alpha value is -2.69. The van der Waals surface area contributed by atoms with Gasteiger partial charge >= 0.3 is 6.01 Å². The van der Waals surface area contributed by atoms with Crippen LogP contribution in [-0.2, 0) is 0 Å². The van der Waals surface area contributed by atoms with Crippen LogP contribution < -0.4 is 10.1 Å². The van der Waals surface area contributed by atoms with Gasteiger partial charge in [0.05, 0.1) is 0 Å². The van der Waals surface area contributed by atoms with Gasteiger partial charge in [-0.05, 0) is 20.8 Å². The molecule has 1 N–H and O–H groups in total. The van der Waals surface area contributed by atoms with Crippen molar-refractivity contribution in [1.82, 2.24) is 29.7 Å². The minimum absolute atomic E-state index is 0.129. The van der Waals surface area contributed by atoms with Crippen LogP contribution in [0.25, 0.3) is 5.95 Å². The summed E-state index contributed by atoms with van der Waals surface area (Å²) >= 11 is 0. The second-order valence-electron chi connectivity index (χ2n) is 4.37. The van der Waals surface area contributed by atoms with E-state index in [4.69, 9.17) is 11.2 Å². The lowest BCUT2D eigenvalue weighted by atomic mass is 10.2. The van der Waals surface area contributed by atoms with Gasteiger partial charge in [-0.25, -0.2) is 4.98 Å². The van der Waals surface area contributed by atoms with Crippen LogP contribution in [0, 0.1) is 12.3 Å². The minimum atomic E-state index is -0.815. The van der Waals surface area contributed by atoms with Crippen LogP contribution in [0.3, 0.4) is 0 Å². The lowest BCUT2D eigenvalue weighted by Gasteiger charge is -2.18. The Morgan fingerprint density at radius 1 is 1.40 bits per heavy atom. The molecule has 0 saturated heterocycles. The maximum absolute atomic E-state index is 5.58. The smallest absolute Gasteiger partial charge is 0.324 e. The van der Waals surface area contributed by atoms with Gasteiger partial charge in [0.15, 0.2) is 5.60 Å². The molecular weight excluding hydrogens is 258 g/mol. The van der Waals surface area contributed by atoms with Gasteiger partial charge in [-0.1, -0.05) is 5.92 Å². The summed E-state index contributed by atoms with van der Waals surface area (Å²) in [6, 6.07) is 0.129. The first-order chi connectivity index (χ1) is 9.54. The molecule has 0 saturated carbocycles. The fraction of sp³-hybridized carbons (Fsp3) is 0.417. The van der Waals surface area contributed by atoms with Gasteiger partial charge in [-0.15, -0.1) is 6.42 Å². The summed E-state index contributed by atoms with van der Waals surface area (Å²) in [4.78, 5) is 16.4. The fourth-order valence-corrected chi connectivity index (χ4v) is 1.30. The van der Waals surface area contributed by atoms with E-state index < -0.39 is 5.60 Å². The van der Waals surface area contributed by atoms with Crippen molar-refractivity contribution in [3.63, 3.8) is 0 Å². The van der Waals surface area contributed by atoms with Crippen LogP contribution in [-0.4, -0.2) is 41.9 Å². The molecule has 0 amide bonds. The molecule has 2 rings (SSSR count). The Morgan fingerprint density at radius 3 is 2.80 bits per heavy atom. The number of nitrogens with zero attached hydrogens (tertiary/aromatic N) is 6. The molecule has 0 bridgehead atoms. The molecule has 0 aliphatic heterocycles. The maximum Gasteiger partial charge on any atom is 0.324 e. The van der Waals surface area contributed by atoms with Gasteiger partial charge in [0, 0.05) is 6.54 Å². The lowest BCUT2D eigenvalue weighted by Crippen LogP contribution is -2.27. The van der Waals surface area contributed by atoms with Gasteiger partial charge < -0.3 is 10.1 Å². The van der Waals surface area contributed by atoms with Crippen LogP contribution in [0.2, 0.25) is 0 Å². The first-order valence-electron chi connectivity index (χ1n) is 6.06. The monoisotopic (exact) mass is 273 g/mol. The van der Waals surface area contributed by atoms with Gasteiger partial charge in [-0.3, -0.25) is 0 Å². The molecule has 0 radical (unpaired) electrons. The van der Waals surface area contributed by atoms with Crippen LogP contribution in [0.1, 0.15) is 20.8 Å². The number of nitrogens with one attached hydrogen (secondary N) is 1. The van der Waals surface area contributed by atoms with Crippen molar-refractivity contribution in [3.05, 3.63) is 12.7 Å². The van der Waals surface area contributed by atoms with Crippen molar-refractivity contribution in [2.45, 2.75) is 26.4 Å². The molecule has 0 aliphatic carbocycles. The molecule has 0 unspecified atom stereocenters. The van der Waals surface area contributed by atoms with E-state index in [2.05, 4.69) is 36.3 Å². The molecule has 0 fully saturated rings. The van der Waals surface area contributed by atoms with E-state index in [9.17, 15) is 0 Å². The first kappa shape index (κ1) is 13.7. The Bertz CT molecular complexity index is 615. The van der Waals surface area contributed by atoms with E-state index in [0.717, 1.165) is 0 Å². The predicted molar refractivity (Wildman–Crippen MR) is 72.4 cm³/mol. The Kier molecular flexibility index (Phi) is 3.79. The second kappa shape index (κ2) is 5.52. The fourth-order valence-electron chi connectivity index (χ4n) is 1.30. The van der Waals surface area contributed by atoms with Crippen LogP contribution >= 0.6 is 0 Å². The summed E-state index contributed by atoms with van der Waals surface area (Å²) in [6.45, 7) is 6.10. The van der Waals surface area contributed by atoms with E-state index in [-0.39, 0.29) is 6.01 Å².